The molecule has 4 aromatic carbocycles. The van der Waals surface area contributed by atoms with Crippen molar-refractivity contribution in [2.45, 2.75) is 32.7 Å². The highest BCUT2D eigenvalue weighted by Gasteiger charge is 2.15. The molecule has 2 aromatic heterocycles. The fourth-order valence-electron chi connectivity index (χ4n) is 5.22. The number of aryl methyl sites for hydroxylation is 2. The highest BCUT2D eigenvalue weighted by Crippen LogP contribution is 2.29. The Bertz CT molecular complexity index is 1800. The second kappa shape index (κ2) is 9.99. The first-order valence-electron chi connectivity index (χ1n) is 13.2. The molecule has 5 heteroatoms. The summed E-state index contributed by atoms with van der Waals surface area (Å²) in [6.45, 7) is 2.95. The van der Waals surface area contributed by atoms with E-state index in [0.717, 1.165) is 76.2 Å². The van der Waals surface area contributed by atoms with Gasteiger partial charge in [-0.3, -0.25) is 0 Å². The molecule has 0 N–H and O–H groups in total. The molecule has 0 fully saturated rings. The number of nitriles is 1. The van der Waals surface area contributed by atoms with E-state index >= 15 is 0 Å². The smallest absolute Gasteiger partial charge is 0.140 e. The van der Waals surface area contributed by atoms with E-state index in [2.05, 4.69) is 89.8 Å². The van der Waals surface area contributed by atoms with Crippen LogP contribution in [0.25, 0.3) is 44.6 Å². The Balaban J connectivity index is 1.40. The maximum atomic E-state index is 9.50. The third-order valence-electron chi connectivity index (χ3n) is 7.28. The lowest BCUT2D eigenvalue weighted by Gasteiger charge is -2.11. The van der Waals surface area contributed by atoms with Gasteiger partial charge in [0.2, 0.25) is 0 Å². The van der Waals surface area contributed by atoms with Crippen LogP contribution in [0.2, 0.25) is 0 Å². The number of fused-ring (bicyclic) bond motifs is 2. The lowest BCUT2D eigenvalue weighted by molar-refractivity contribution is 0.690. The zero-order chi connectivity index (χ0) is 26.1. The molecular formula is C33H29N5. The number of para-hydroxylation sites is 2. The van der Waals surface area contributed by atoms with E-state index in [1.54, 1.807) is 0 Å². The van der Waals surface area contributed by atoms with Crippen molar-refractivity contribution in [3.63, 3.8) is 0 Å². The minimum absolute atomic E-state index is 0.692. The van der Waals surface area contributed by atoms with Crippen molar-refractivity contribution in [1.82, 2.24) is 19.1 Å². The largest absolute Gasteiger partial charge is 0.327 e. The summed E-state index contributed by atoms with van der Waals surface area (Å²) in [6.07, 6.45) is 3.17. The number of aromatic nitrogens is 4. The third-order valence-corrected chi connectivity index (χ3v) is 7.28. The van der Waals surface area contributed by atoms with Crippen molar-refractivity contribution >= 4 is 22.1 Å². The van der Waals surface area contributed by atoms with Crippen molar-refractivity contribution in [2.75, 3.05) is 0 Å². The quantitative estimate of drug-likeness (QED) is 0.230. The van der Waals surface area contributed by atoms with E-state index in [0.29, 0.717) is 5.56 Å². The molecule has 5 nitrogen and oxygen atoms in total. The predicted octanol–water partition coefficient (Wildman–Crippen LogP) is 7.52. The molecule has 0 saturated carbocycles. The summed E-state index contributed by atoms with van der Waals surface area (Å²) >= 11 is 0. The fourth-order valence-corrected chi connectivity index (χ4v) is 5.22. The first-order valence-corrected chi connectivity index (χ1v) is 13.2. The van der Waals surface area contributed by atoms with Gasteiger partial charge in [-0.2, -0.15) is 5.26 Å². The summed E-state index contributed by atoms with van der Waals surface area (Å²) in [5, 5.41) is 9.50. The van der Waals surface area contributed by atoms with Crippen LogP contribution in [0.4, 0.5) is 0 Å². The summed E-state index contributed by atoms with van der Waals surface area (Å²) in [4.78, 5) is 9.96. The van der Waals surface area contributed by atoms with E-state index in [-0.39, 0.29) is 0 Å². The first kappa shape index (κ1) is 23.7. The molecule has 0 aliphatic rings. The monoisotopic (exact) mass is 495 g/mol. The fraction of sp³-hybridized carbons (Fsp3) is 0.182. The molecule has 0 aliphatic carbocycles. The number of hydrogen-bond donors (Lipinski definition) is 0. The van der Waals surface area contributed by atoms with Crippen LogP contribution in [0.3, 0.4) is 0 Å². The van der Waals surface area contributed by atoms with E-state index in [9.17, 15) is 5.26 Å². The topological polar surface area (TPSA) is 59.4 Å². The zero-order valence-electron chi connectivity index (χ0n) is 21.7. The lowest BCUT2D eigenvalue weighted by atomic mass is 9.99. The molecule has 0 saturated heterocycles. The Morgan fingerprint density at radius 3 is 2.32 bits per heavy atom. The third kappa shape index (κ3) is 4.25. The van der Waals surface area contributed by atoms with Crippen LogP contribution in [-0.4, -0.2) is 19.1 Å². The highest BCUT2D eigenvalue weighted by atomic mass is 15.1. The first-order chi connectivity index (χ1) is 18.7. The molecule has 0 spiro atoms. The Morgan fingerprint density at radius 1 is 0.789 bits per heavy atom. The van der Waals surface area contributed by atoms with Crippen LogP contribution in [0, 0.1) is 11.3 Å². The van der Waals surface area contributed by atoms with Gasteiger partial charge in [-0.1, -0.05) is 67.9 Å². The van der Waals surface area contributed by atoms with Crippen LogP contribution < -0.4 is 0 Å². The maximum absolute atomic E-state index is 9.50. The van der Waals surface area contributed by atoms with Crippen LogP contribution in [0.5, 0.6) is 0 Å². The Hall–Kier alpha value is -4.69. The molecule has 2 heterocycles. The SMILES string of the molecule is CCCCc1nc2ccc(-c3nc4ccccc4n3C)cc2n1Cc1ccc(-c2ccccc2C#N)cc1. The zero-order valence-corrected chi connectivity index (χ0v) is 21.7. The summed E-state index contributed by atoms with van der Waals surface area (Å²) in [5.41, 5.74) is 9.26. The van der Waals surface area contributed by atoms with Gasteiger partial charge in [-0.15, -0.1) is 0 Å². The summed E-state index contributed by atoms with van der Waals surface area (Å²) < 4.78 is 4.52. The van der Waals surface area contributed by atoms with Crippen molar-refractivity contribution in [2.24, 2.45) is 7.05 Å². The van der Waals surface area contributed by atoms with Crippen molar-refractivity contribution in [3.05, 3.63) is 108 Å². The Labute approximate surface area is 222 Å². The molecule has 0 amide bonds. The van der Waals surface area contributed by atoms with Gasteiger partial charge in [-0.25, -0.2) is 9.97 Å². The number of nitrogens with zero attached hydrogens (tertiary/aromatic N) is 5. The molecular weight excluding hydrogens is 466 g/mol. The van der Waals surface area contributed by atoms with Crippen LogP contribution in [0.1, 0.15) is 36.7 Å². The summed E-state index contributed by atoms with van der Waals surface area (Å²) in [6, 6.07) is 33.3. The molecule has 0 atom stereocenters. The number of benzene rings is 4. The normalized spacial score (nSPS) is 11.3. The summed E-state index contributed by atoms with van der Waals surface area (Å²) in [7, 11) is 2.07. The second-order valence-electron chi connectivity index (χ2n) is 9.76. The average molecular weight is 496 g/mol. The van der Waals surface area contributed by atoms with E-state index in [1.165, 1.54) is 5.56 Å². The summed E-state index contributed by atoms with van der Waals surface area (Å²) in [5.74, 6) is 2.07. The highest BCUT2D eigenvalue weighted by molar-refractivity contribution is 5.85. The van der Waals surface area contributed by atoms with Crippen LogP contribution in [0.15, 0.2) is 91.0 Å². The number of hydrogen-bond acceptors (Lipinski definition) is 3. The standard InChI is InChI=1S/C33H29N5/c1-3-4-13-32-35-29-19-18-25(33-36-28-11-7-8-12-30(28)37(33)2)20-31(29)38(32)22-23-14-16-24(17-15-23)27-10-6-5-9-26(27)21-34/h5-12,14-20H,3-4,13,22H2,1-2H3. The molecule has 0 bridgehead atoms. The molecule has 6 aromatic rings. The number of unbranched alkanes of at least 4 members (excludes halogenated alkanes) is 1. The maximum Gasteiger partial charge on any atom is 0.140 e. The van der Waals surface area contributed by atoms with Gasteiger partial charge < -0.3 is 9.13 Å². The van der Waals surface area contributed by atoms with Gasteiger partial charge in [0.1, 0.15) is 11.6 Å². The lowest BCUT2D eigenvalue weighted by Crippen LogP contribution is -2.05. The molecule has 6 rings (SSSR count). The van der Waals surface area contributed by atoms with Gasteiger partial charge in [0.25, 0.3) is 0 Å². The van der Waals surface area contributed by atoms with Gasteiger partial charge in [-0.05, 0) is 59.5 Å². The van der Waals surface area contributed by atoms with E-state index in [1.807, 2.05) is 30.3 Å². The molecule has 186 valence electrons. The minimum atomic E-state index is 0.692. The van der Waals surface area contributed by atoms with Gasteiger partial charge in [0, 0.05) is 25.6 Å². The molecule has 0 aliphatic heterocycles. The Morgan fingerprint density at radius 2 is 1.53 bits per heavy atom. The van der Waals surface area contributed by atoms with E-state index < -0.39 is 0 Å². The number of imidazole rings is 2. The van der Waals surface area contributed by atoms with Crippen molar-refractivity contribution in [3.8, 4) is 28.6 Å². The van der Waals surface area contributed by atoms with Gasteiger partial charge in [0.05, 0.1) is 33.7 Å². The molecule has 0 unspecified atom stereocenters. The second-order valence-corrected chi connectivity index (χ2v) is 9.76. The van der Waals surface area contributed by atoms with Crippen LogP contribution in [-0.2, 0) is 20.0 Å². The molecule has 0 radical (unpaired) electrons. The number of rotatable bonds is 7. The average Bonchev–Trinajstić information content (AvgIpc) is 3.49. The molecule has 38 heavy (non-hydrogen) atoms. The van der Waals surface area contributed by atoms with Gasteiger partial charge in [0.15, 0.2) is 0 Å². The van der Waals surface area contributed by atoms with E-state index in [4.69, 9.17) is 9.97 Å². The van der Waals surface area contributed by atoms with Crippen LogP contribution >= 0.6 is 0 Å². The van der Waals surface area contributed by atoms with Crippen molar-refractivity contribution in [1.29, 1.82) is 5.26 Å². The van der Waals surface area contributed by atoms with Gasteiger partial charge >= 0.3 is 0 Å². The Kier molecular flexibility index (Phi) is 6.23. The van der Waals surface area contributed by atoms with Crippen molar-refractivity contribution < 1.29 is 0 Å². The minimum Gasteiger partial charge on any atom is -0.327 e. The predicted molar refractivity (Wildman–Crippen MR) is 154 cm³/mol.